The van der Waals surface area contributed by atoms with Crippen molar-refractivity contribution in [2.24, 2.45) is 0 Å². The molecular weight excluding hydrogens is 596 g/mol. The average Bonchev–Trinajstić information content (AvgIpc) is 3.09. The molecular formula is C43H64O5. The molecule has 5 heteroatoms. The van der Waals surface area contributed by atoms with Gasteiger partial charge in [0.1, 0.15) is 6.61 Å². The number of esters is 2. The minimum Gasteiger partial charge on any atom is -0.462 e. The first-order valence-corrected chi connectivity index (χ1v) is 18.1. The van der Waals surface area contributed by atoms with Gasteiger partial charge in [0, 0.05) is 12.8 Å². The highest BCUT2D eigenvalue weighted by Gasteiger charge is 2.15. The second-order valence-corrected chi connectivity index (χ2v) is 11.2. The number of hydrogen-bond acceptors (Lipinski definition) is 5. The quantitative estimate of drug-likeness (QED) is 0.0471. The van der Waals surface area contributed by atoms with Crippen molar-refractivity contribution in [1.29, 1.82) is 0 Å². The minimum absolute atomic E-state index is 0.127. The van der Waals surface area contributed by atoms with E-state index in [0.717, 1.165) is 83.5 Å². The predicted octanol–water partition coefficient (Wildman–Crippen LogP) is 11.3. The fraction of sp³-hybridized carbons (Fsp3) is 0.488. The van der Waals surface area contributed by atoms with Crippen LogP contribution in [0.15, 0.2) is 122 Å². The Hall–Kier alpha value is -3.70. The zero-order chi connectivity index (χ0) is 35.0. The third-order valence-corrected chi connectivity index (χ3v) is 6.76. The summed E-state index contributed by atoms with van der Waals surface area (Å²) in [7, 11) is 0. The first-order chi connectivity index (χ1) is 23.6. The number of aliphatic hydroxyl groups excluding tert-OH is 1. The van der Waals surface area contributed by atoms with Crippen LogP contribution in [-0.4, -0.2) is 36.4 Å². The van der Waals surface area contributed by atoms with Crippen molar-refractivity contribution in [3.8, 4) is 0 Å². The molecule has 0 aromatic rings. The summed E-state index contributed by atoms with van der Waals surface area (Å²) >= 11 is 0. The van der Waals surface area contributed by atoms with Gasteiger partial charge in [0.15, 0.2) is 6.10 Å². The Morgan fingerprint density at radius 2 is 0.854 bits per heavy atom. The van der Waals surface area contributed by atoms with Gasteiger partial charge in [-0.3, -0.25) is 9.59 Å². The van der Waals surface area contributed by atoms with Gasteiger partial charge in [0.2, 0.25) is 0 Å². The molecule has 0 bridgehead atoms. The van der Waals surface area contributed by atoms with Gasteiger partial charge in [-0.2, -0.15) is 0 Å². The molecule has 0 aliphatic carbocycles. The van der Waals surface area contributed by atoms with Crippen molar-refractivity contribution < 1.29 is 24.2 Å². The van der Waals surface area contributed by atoms with E-state index in [4.69, 9.17) is 9.47 Å². The standard InChI is InChI=1S/C43H64O5/c1-3-5-7-9-11-13-15-17-19-20-21-22-24-26-28-30-32-34-36-38-43(46)48-41(39-44)40-47-42(45)37-35-33-31-29-27-25-23-18-16-14-12-10-8-6-4-2/h5-8,11-14,17-19,21-23,26-29,32,34,41,44H,3-4,9-10,15-16,20,24-25,30-31,33,35-40H2,1-2H3/t41-/m0/s1. The number of hydrogen-bond donors (Lipinski definition) is 1. The maximum absolute atomic E-state index is 12.1. The molecule has 1 atom stereocenters. The van der Waals surface area contributed by atoms with Crippen molar-refractivity contribution in [3.05, 3.63) is 122 Å². The zero-order valence-electron chi connectivity index (χ0n) is 29.9. The summed E-state index contributed by atoms with van der Waals surface area (Å²) in [6.07, 6.45) is 55.5. The maximum Gasteiger partial charge on any atom is 0.306 e. The third kappa shape index (κ3) is 35.2. The summed E-state index contributed by atoms with van der Waals surface area (Å²) in [4.78, 5) is 24.2. The van der Waals surface area contributed by atoms with Gasteiger partial charge in [-0.25, -0.2) is 0 Å². The Balaban J connectivity index is 3.84. The monoisotopic (exact) mass is 660 g/mol. The van der Waals surface area contributed by atoms with E-state index < -0.39 is 12.1 Å². The van der Waals surface area contributed by atoms with Crippen LogP contribution in [0.5, 0.6) is 0 Å². The van der Waals surface area contributed by atoms with Crippen molar-refractivity contribution in [2.75, 3.05) is 13.2 Å². The first-order valence-electron chi connectivity index (χ1n) is 18.1. The molecule has 0 radical (unpaired) electrons. The fourth-order valence-electron chi connectivity index (χ4n) is 4.10. The lowest BCUT2D eigenvalue weighted by Gasteiger charge is -2.15. The Morgan fingerprint density at radius 3 is 1.25 bits per heavy atom. The summed E-state index contributed by atoms with van der Waals surface area (Å²) < 4.78 is 10.5. The molecule has 0 aliphatic heterocycles. The van der Waals surface area contributed by atoms with Crippen LogP contribution in [-0.2, 0) is 19.1 Å². The number of carbonyl (C=O) groups excluding carboxylic acids is 2. The van der Waals surface area contributed by atoms with Gasteiger partial charge < -0.3 is 14.6 Å². The smallest absolute Gasteiger partial charge is 0.306 e. The van der Waals surface area contributed by atoms with Crippen LogP contribution in [0, 0.1) is 0 Å². The molecule has 0 amide bonds. The second-order valence-electron chi connectivity index (χ2n) is 11.2. The van der Waals surface area contributed by atoms with E-state index in [9.17, 15) is 14.7 Å². The van der Waals surface area contributed by atoms with Crippen LogP contribution < -0.4 is 0 Å². The van der Waals surface area contributed by atoms with E-state index in [0.29, 0.717) is 12.8 Å². The average molecular weight is 661 g/mol. The van der Waals surface area contributed by atoms with E-state index in [1.807, 2.05) is 12.2 Å². The first kappa shape index (κ1) is 44.3. The van der Waals surface area contributed by atoms with Gasteiger partial charge in [-0.15, -0.1) is 0 Å². The molecule has 0 saturated heterocycles. The highest BCUT2D eigenvalue weighted by Crippen LogP contribution is 2.06. The highest BCUT2D eigenvalue weighted by molar-refractivity contribution is 5.70. The Labute approximate surface area is 293 Å². The molecule has 5 nitrogen and oxygen atoms in total. The lowest BCUT2D eigenvalue weighted by Crippen LogP contribution is -2.28. The van der Waals surface area contributed by atoms with E-state index >= 15 is 0 Å². The maximum atomic E-state index is 12.1. The molecule has 0 heterocycles. The highest BCUT2D eigenvalue weighted by atomic mass is 16.6. The number of rotatable bonds is 30. The van der Waals surface area contributed by atoms with Gasteiger partial charge in [-0.05, 0) is 89.9 Å². The van der Waals surface area contributed by atoms with E-state index in [1.54, 1.807) is 0 Å². The summed E-state index contributed by atoms with van der Waals surface area (Å²) in [5.74, 6) is -0.754. The second kappa shape index (κ2) is 37.8. The molecule has 0 spiro atoms. The summed E-state index contributed by atoms with van der Waals surface area (Å²) in [5.41, 5.74) is 0. The van der Waals surface area contributed by atoms with Crippen LogP contribution in [0.1, 0.15) is 117 Å². The number of unbranched alkanes of at least 4 members (excludes halogenated alkanes) is 2. The number of allylic oxidation sites excluding steroid dienone is 20. The zero-order valence-corrected chi connectivity index (χ0v) is 29.9. The Morgan fingerprint density at radius 1 is 0.479 bits per heavy atom. The van der Waals surface area contributed by atoms with Crippen molar-refractivity contribution >= 4 is 11.9 Å². The molecule has 0 unspecified atom stereocenters. The Kier molecular flexibility index (Phi) is 34.8. The molecule has 0 aliphatic rings. The molecule has 0 rings (SSSR count). The van der Waals surface area contributed by atoms with Crippen LogP contribution in [0.25, 0.3) is 0 Å². The lowest BCUT2D eigenvalue weighted by atomic mass is 10.2. The van der Waals surface area contributed by atoms with E-state index in [-0.39, 0.29) is 25.6 Å². The van der Waals surface area contributed by atoms with Gasteiger partial charge in [-0.1, -0.05) is 135 Å². The largest absolute Gasteiger partial charge is 0.462 e. The van der Waals surface area contributed by atoms with Crippen LogP contribution in [0.2, 0.25) is 0 Å². The van der Waals surface area contributed by atoms with Gasteiger partial charge >= 0.3 is 11.9 Å². The SMILES string of the molecule is CCC=CCC=CCC=CCC=CCC=CCC=CCCC(=O)O[C@@H](CO)COC(=O)CCCCC=CCC=CCC=CCC=CCC. The van der Waals surface area contributed by atoms with Crippen molar-refractivity contribution in [1.82, 2.24) is 0 Å². The van der Waals surface area contributed by atoms with E-state index in [2.05, 4.69) is 123 Å². The van der Waals surface area contributed by atoms with Gasteiger partial charge in [0.25, 0.3) is 0 Å². The summed E-state index contributed by atoms with van der Waals surface area (Å²) in [5, 5.41) is 9.52. The number of carbonyl (C=O) groups is 2. The molecule has 0 saturated carbocycles. The van der Waals surface area contributed by atoms with E-state index in [1.165, 1.54) is 0 Å². The third-order valence-electron chi connectivity index (χ3n) is 6.76. The van der Waals surface area contributed by atoms with Crippen LogP contribution in [0.3, 0.4) is 0 Å². The fourth-order valence-corrected chi connectivity index (χ4v) is 4.10. The molecule has 0 aromatic heterocycles. The number of ether oxygens (including phenoxy) is 2. The summed E-state index contributed by atoms with van der Waals surface area (Å²) in [6.45, 7) is 3.77. The Bertz CT molecular complexity index is 1060. The lowest BCUT2D eigenvalue weighted by molar-refractivity contribution is -0.161. The topological polar surface area (TPSA) is 72.8 Å². The minimum atomic E-state index is -0.837. The van der Waals surface area contributed by atoms with Crippen molar-refractivity contribution in [2.45, 2.75) is 123 Å². The molecule has 0 aromatic carbocycles. The number of aliphatic hydroxyl groups is 1. The molecule has 0 fully saturated rings. The summed E-state index contributed by atoms with van der Waals surface area (Å²) in [6, 6.07) is 0. The van der Waals surface area contributed by atoms with Crippen LogP contribution >= 0.6 is 0 Å². The van der Waals surface area contributed by atoms with Crippen molar-refractivity contribution in [3.63, 3.8) is 0 Å². The van der Waals surface area contributed by atoms with Gasteiger partial charge in [0.05, 0.1) is 6.61 Å². The van der Waals surface area contributed by atoms with Crippen LogP contribution in [0.4, 0.5) is 0 Å². The molecule has 266 valence electrons. The predicted molar refractivity (Wildman–Crippen MR) is 205 cm³/mol. The normalized spacial score (nSPS) is 13.6. The molecule has 48 heavy (non-hydrogen) atoms. The molecule has 1 N–H and O–H groups in total.